The van der Waals surface area contributed by atoms with Crippen molar-refractivity contribution in [2.75, 3.05) is 18.4 Å². The van der Waals surface area contributed by atoms with E-state index in [1.807, 2.05) is 26.8 Å². The summed E-state index contributed by atoms with van der Waals surface area (Å²) in [6.07, 6.45) is -0.477. The minimum atomic E-state index is -3.92. The van der Waals surface area contributed by atoms with Crippen molar-refractivity contribution in [3.05, 3.63) is 46.5 Å². The van der Waals surface area contributed by atoms with Crippen molar-refractivity contribution in [2.24, 2.45) is 0 Å². The van der Waals surface area contributed by atoms with Gasteiger partial charge in [0.15, 0.2) is 5.75 Å². The molecule has 0 saturated carbocycles. The summed E-state index contributed by atoms with van der Waals surface area (Å²) in [6, 6.07) is 8.05. The van der Waals surface area contributed by atoms with Gasteiger partial charge in [-0.05, 0) is 44.5 Å². The predicted molar refractivity (Wildman–Crippen MR) is 109 cm³/mol. The molecule has 2 aromatic rings. The number of sulfonamides is 1. The quantitative estimate of drug-likeness (QED) is 0.773. The molecule has 7 nitrogen and oxygen atoms in total. The molecule has 2 unspecified atom stereocenters. The third kappa shape index (κ3) is 3.73. The Kier molecular flexibility index (Phi) is 5.06. The smallest absolute Gasteiger partial charge is 0.259 e. The number of hydrogen-bond acceptors (Lipinski definition) is 5. The van der Waals surface area contributed by atoms with E-state index < -0.39 is 15.9 Å². The van der Waals surface area contributed by atoms with Gasteiger partial charge in [0.05, 0.1) is 28.5 Å². The molecule has 2 aliphatic rings. The van der Waals surface area contributed by atoms with Crippen LogP contribution in [0.4, 0.5) is 5.69 Å². The van der Waals surface area contributed by atoms with Crippen LogP contribution < -0.4 is 10.1 Å². The van der Waals surface area contributed by atoms with Crippen molar-refractivity contribution < 1.29 is 22.7 Å². The van der Waals surface area contributed by atoms with Gasteiger partial charge in [0.1, 0.15) is 10.6 Å². The molecule has 2 aromatic carbocycles. The Morgan fingerprint density at radius 3 is 2.48 bits per heavy atom. The monoisotopic (exact) mass is 436 g/mol. The van der Waals surface area contributed by atoms with Crippen LogP contribution in [0.5, 0.6) is 11.5 Å². The van der Waals surface area contributed by atoms with Crippen LogP contribution in [-0.4, -0.2) is 43.9 Å². The lowest BCUT2D eigenvalue weighted by molar-refractivity contribution is -0.0440. The maximum Gasteiger partial charge on any atom is 0.259 e. The third-order valence-corrected chi connectivity index (χ3v) is 7.18. The van der Waals surface area contributed by atoms with E-state index in [0.29, 0.717) is 11.4 Å². The molecule has 2 atom stereocenters. The number of ether oxygens (including phenoxy) is 2. The van der Waals surface area contributed by atoms with Gasteiger partial charge >= 0.3 is 0 Å². The second kappa shape index (κ2) is 7.28. The van der Waals surface area contributed by atoms with Gasteiger partial charge < -0.3 is 14.8 Å². The second-order valence-electron chi connectivity index (χ2n) is 7.41. The number of aryl methyl sites for hydroxylation is 1. The zero-order valence-electron chi connectivity index (χ0n) is 16.2. The molecule has 9 heteroatoms. The van der Waals surface area contributed by atoms with Crippen LogP contribution in [0.2, 0.25) is 5.02 Å². The Morgan fingerprint density at radius 2 is 1.79 bits per heavy atom. The average Bonchev–Trinajstić information content (AvgIpc) is 2.75. The molecule has 0 aromatic heterocycles. The average molecular weight is 437 g/mol. The highest BCUT2D eigenvalue weighted by Gasteiger charge is 2.35. The maximum atomic E-state index is 13.3. The molecule has 4 rings (SSSR count). The molecule has 0 radical (unpaired) electrons. The van der Waals surface area contributed by atoms with Crippen molar-refractivity contribution in [1.29, 1.82) is 0 Å². The first-order valence-corrected chi connectivity index (χ1v) is 11.1. The number of anilines is 1. The maximum absolute atomic E-state index is 13.3. The van der Waals surface area contributed by atoms with Crippen molar-refractivity contribution in [2.45, 2.75) is 37.9 Å². The van der Waals surface area contributed by atoms with Gasteiger partial charge in [-0.2, -0.15) is 4.31 Å². The molecule has 29 heavy (non-hydrogen) atoms. The highest BCUT2D eigenvalue weighted by molar-refractivity contribution is 7.89. The number of nitrogens with one attached hydrogen (secondary N) is 1. The number of fused-ring (bicyclic) bond motifs is 2. The fraction of sp³-hybridized carbons (Fsp3) is 0.350. The van der Waals surface area contributed by atoms with E-state index in [1.165, 1.54) is 16.4 Å². The zero-order valence-corrected chi connectivity index (χ0v) is 17.8. The van der Waals surface area contributed by atoms with Crippen LogP contribution in [0.15, 0.2) is 35.2 Å². The Hall–Kier alpha value is -2.13. The minimum Gasteiger partial charge on any atom is -0.454 e. The summed E-state index contributed by atoms with van der Waals surface area (Å²) in [5, 5.41) is 2.76. The summed E-state index contributed by atoms with van der Waals surface area (Å²) < 4.78 is 39.4. The van der Waals surface area contributed by atoms with Gasteiger partial charge in [0.2, 0.25) is 10.0 Å². The fourth-order valence-corrected chi connectivity index (χ4v) is 5.69. The number of carbonyl (C=O) groups excluding carboxylic acids is 1. The molecular weight excluding hydrogens is 416 g/mol. The van der Waals surface area contributed by atoms with E-state index in [9.17, 15) is 13.2 Å². The highest BCUT2D eigenvalue weighted by atomic mass is 35.5. The Bertz CT molecular complexity index is 1090. The summed E-state index contributed by atoms with van der Waals surface area (Å²) in [5.41, 5.74) is 1.58. The van der Waals surface area contributed by atoms with E-state index >= 15 is 0 Å². The van der Waals surface area contributed by atoms with Crippen molar-refractivity contribution in [1.82, 2.24) is 4.31 Å². The largest absolute Gasteiger partial charge is 0.454 e. The topological polar surface area (TPSA) is 84.9 Å². The molecule has 0 bridgehead atoms. The van der Waals surface area contributed by atoms with Crippen LogP contribution in [0.3, 0.4) is 0 Å². The van der Waals surface area contributed by atoms with Gasteiger partial charge in [0.25, 0.3) is 5.91 Å². The molecular formula is C20H21ClN2O5S. The zero-order chi connectivity index (χ0) is 20.9. The number of rotatable bonds is 2. The lowest BCUT2D eigenvalue weighted by Crippen LogP contribution is -2.48. The SMILES string of the molecule is Cc1ccc2c(c1)Oc1cc(Cl)c(S(=O)(=O)N3CC(C)OC(C)C3)cc1C(=O)N2. The van der Waals surface area contributed by atoms with Gasteiger partial charge in [-0.15, -0.1) is 0 Å². The number of amides is 1. The molecule has 0 spiro atoms. The van der Waals surface area contributed by atoms with Crippen molar-refractivity contribution >= 4 is 33.2 Å². The van der Waals surface area contributed by atoms with Crippen LogP contribution in [0.25, 0.3) is 0 Å². The lowest BCUT2D eigenvalue weighted by Gasteiger charge is -2.34. The number of carbonyl (C=O) groups is 1. The van der Waals surface area contributed by atoms with E-state index in [0.717, 1.165) is 5.56 Å². The molecule has 154 valence electrons. The molecule has 1 N–H and O–H groups in total. The number of benzene rings is 2. The van der Waals surface area contributed by atoms with Crippen LogP contribution >= 0.6 is 11.6 Å². The molecule has 0 aliphatic carbocycles. The number of morpholine rings is 1. The highest BCUT2D eigenvalue weighted by Crippen LogP contribution is 2.40. The standard InChI is InChI=1S/C20H21ClN2O5S/c1-11-4-5-16-18(6-11)28-17-8-15(21)19(7-14(17)20(24)22-16)29(25,26)23-9-12(2)27-13(3)10-23/h4-8,12-13H,9-10H2,1-3H3,(H,22,24). The predicted octanol–water partition coefficient (Wildman–Crippen LogP) is 3.80. The van der Waals surface area contributed by atoms with Crippen LogP contribution in [0, 0.1) is 6.92 Å². The Morgan fingerprint density at radius 1 is 1.10 bits per heavy atom. The lowest BCUT2D eigenvalue weighted by atomic mass is 10.2. The van der Waals surface area contributed by atoms with Crippen molar-refractivity contribution in [3.63, 3.8) is 0 Å². The minimum absolute atomic E-state index is 0.000508. The van der Waals surface area contributed by atoms with E-state index in [2.05, 4.69) is 5.32 Å². The van der Waals surface area contributed by atoms with Gasteiger partial charge in [0, 0.05) is 19.2 Å². The third-order valence-electron chi connectivity index (χ3n) is 4.89. The molecule has 2 aliphatic heterocycles. The van der Waals surface area contributed by atoms with Gasteiger partial charge in [-0.3, -0.25) is 4.79 Å². The van der Waals surface area contributed by atoms with E-state index in [4.69, 9.17) is 21.1 Å². The normalized spacial score (nSPS) is 22.1. The summed E-state index contributed by atoms with van der Waals surface area (Å²) in [5.74, 6) is 0.221. The fourth-order valence-electron chi connectivity index (χ4n) is 3.59. The van der Waals surface area contributed by atoms with Gasteiger partial charge in [-0.25, -0.2) is 8.42 Å². The number of nitrogens with zero attached hydrogens (tertiary/aromatic N) is 1. The second-order valence-corrected chi connectivity index (χ2v) is 9.73. The summed E-state index contributed by atoms with van der Waals surface area (Å²) >= 11 is 6.35. The summed E-state index contributed by atoms with van der Waals surface area (Å²) in [6.45, 7) is 5.97. The summed E-state index contributed by atoms with van der Waals surface area (Å²) in [7, 11) is -3.92. The van der Waals surface area contributed by atoms with E-state index in [-0.39, 0.29) is 46.5 Å². The molecule has 1 saturated heterocycles. The first-order chi connectivity index (χ1) is 13.6. The molecule has 1 amide bonds. The molecule has 2 heterocycles. The van der Waals surface area contributed by atoms with E-state index in [1.54, 1.807) is 12.1 Å². The van der Waals surface area contributed by atoms with Crippen LogP contribution in [0.1, 0.15) is 29.8 Å². The van der Waals surface area contributed by atoms with Crippen molar-refractivity contribution in [3.8, 4) is 11.5 Å². The first kappa shape index (κ1) is 20.2. The van der Waals surface area contributed by atoms with Crippen LogP contribution in [-0.2, 0) is 14.8 Å². The Balaban J connectivity index is 1.77. The Labute approximate surface area is 174 Å². The number of halogens is 1. The van der Waals surface area contributed by atoms with Gasteiger partial charge in [-0.1, -0.05) is 17.7 Å². The molecule has 1 fully saturated rings. The summed E-state index contributed by atoms with van der Waals surface area (Å²) in [4.78, 5) is 12.6. The first-order valence-electron chi connectivity index (χ1n) is 9.24. The number of hydrogen-bond donors (Lipinski definition) is 1.